The fourth-order valence-electron chi connectivity index (χ4n) is 2.66. The number of hydrogen-bond acceptors (Lipinski definition) is 8. The van der Waals surface area contributed by atoms with E-state index in [1.807, 2.05) is 0 Å². The Morgan fingerprint density at radius 3 is 2.44 bits per heavy atom. The second-order valence-corrected chi connectivity index (χ2v) is 6.22. The van der Waals surface area contributed by atoms with Crippen molar-refractivity contribution in [2.75, 3.05) is 6.61 Å². The molecule has 1 amide bonds. The van der Waals surface area contributed by atoms with Gasteiger partial charge in [-0.2, -0.15) is 0 Å². The Bertz CT molecular complexity index is 474. The van der Waals surface area contributed by atoms with Crippen LogP contribution in [0.4, 0.5) is 0 Å². The molecule has 4 unspecified atom stereocenters. The molecule has 10 nitrogen and oxygen atoms in total. The van der Waals surface area contributed by atoms with E-state index in [0.717, 1.165) is 0 Å². The third kappa shape index (κ3) is 5.09. The Balaban J connectivity index is 3.22. The molecule has 0 aromatic rings. The van der Waals surface area contributed by atoms with E-state index in [4.69, 9.17) is 14.6 Å². The molecule has 0 saturated carbocycles. The maximum absolute atomic E-state index is 11.8. The van der Waals surface area contributed by atoms with E-state index < -0.39 is 67.3 Å². The van der Waals surface area contributed by atoms with Crippen molar-refractivity contribution in [3.8, 4) is 0 Å². The largest absolute Gasteiger partial charge is 0.477 e. The third-order valence-electron chi connectivity index (χ3n) is 4.15. The molecular formula is C15H27NO9. The van der Waals surface area contributed by atoms with E-state index in [1.165, 1.54) is 6.92 Å². The molecule has 1 aliphatic heterocycles. The van der Waals surface area contributed by atoms with Gasteiger partial charge in [0.2, 0.25) is 5.91 Å². The number of aliphatic carboxylic acids is 1. The SMILES string of the molecule is CCC(C)OC1(C(=O)O)C[C@H](O)[C@@H](NC(C)=O)[C@H](C(O)C(O)CO)O1. The van der Waals surface area contributed by atoms with Gasteiger partial charge < -0.3 is 40.3 Å². The number of ether oxygens (including phenoxy) is 2. The molecular weight excluding hydrogens is 338 g/mol. The summed E-state index contributed by atoms with van der Waals surface area (Å²) in [6.07, 6.45) is -6.93. The van der Waals surface area contributed by atoms with E-state index in [0.29, 0.717) is 6.42 Å². The molecule has 6 N–H and O–H groups in total. The van der Waals surface area contributed by atoms with Gasteiger partial charge in [0.25, 0.3) is 5.79 Å². The van der Waals surface area contributed by atoms with Gasteiger partial charge in [0.05, 0.1) is 24.9 Å². The molecule has 1 aliphatic rings. The van der Waals surface area contributed by atoms with Gasteiger partial charge in [-0.25, -0.2) is 4.79 Å². The van der Waals surface area contributed by atoms with Crippen LogP contribution in [-0.4, -0.2) is 86.4 Å². The maximum atomic E-state index is 11.8. The molecule has 0 bridgehead atoms. The molecule has 0 aromatic carbocycles. The first-order valence-corrected chi connectivity index (χ1v) is 8.09. The van der Waals surface area contributed by atoms with Crippen molar-refractivity contribution < 1.29 is 44.6 Å². The molecule has 0 spiro atoms. The van der Waals surface area contributed by atoms with Gasteiger partial charge >= 0.3 is 5.97 Å². The van der Waals surface area contributed by atoms with Crippen LogP contribution in [0.1, 0.15) is 33.6 Å². The van der Waals surface area contributed by atoms with Gasteiger partial charge in [-0.1, -0.05) is 6.92 Å². The smallest absolute Gasteiger partial charge is 0.364 e. The van der Waals surface area contributed by atoms with Gasteiger partial charge in [0.1, 0.15) is 18.3 Å². The van der Waals surface area contributed by atoms with Gasteiger partial charge in [-0.3, -0.25) is 4.79 Å². The summed E-state index contributed by atoms with van der Waals surface area (Å²) in [6.45, 7) is 3.74. The number of rotatable bonds is 8. The van der Waals surface area contributed by atoms with Crippen LogP contribution in [0.15, 0.2) is 0 Å². The van der Waals surface area contributed by atoms with Crippen LogP contribution < -0.4 is 5.32 Å². The molecule has 10 heteroatoms. The van der Waals surface area contributed by atoms with Crippen molar-refractivity contribution in [1.29, 1.82) is 0 Å². The minimum absolute atomic E-state index is 0.468. The number of aliphatic hydroxyl groups is 4. The van der Waals surface area contributed by atoms with Crippen LogP contribution >= 0.6 is 0 Å². The van der Waals surface area contributed by atoms with E-state index in [2.05, 4.69) is 5.32 Å². The summed E-state index contributed by atoms with van der Waals surface area (Å²) in [7, 11) is 0. The van der Waals surface area contributed by atoms with Crippen LogP contribution in [-0.2, 0) is 19.1 Å². The molecule has 0 aliphatic carbocycles. The minimum Gasteiger partial charge on any atom is -0.477 e. The Labute approximate surface area is 145 Å². The zero-order valence-corrected chi connectivity index (χ0v) is 14.5. The number of hydrogen-bond donors (Lipinski definition) is 6. The van der Waals surface area contributed by atoms with E-state index in [-0.39, 0.29) is 0 Å². The molecule has 7 atom stereocenters. The fraction of sp³-hybridized carbons (Fsp3) is 0.867. The van der Waals surface area contributed by atoms with E-state index >= 15 is 0 Å². The van der Waals surface area contributed by atoms with Crippen molar-refractivity contribution in [3.05, 3.63) is 0 Å². The van der Waals surface area contributed by atoms with Crippen LogP contribution in [0.3, 0.4) is 0 Å². The number of nitrogens with one attached hydrogen (secondary N) is 1. The van der Waals surface area contributed by atoms with Crippen LogP contribution in [0.2, 0.25) is 0 Å². The topological polar surface area (TPSA) is 166 Å². The lowest BCUT2D eigenvalue weighted by Crippen LogP contribution is -2.68. The molecule has 1 heterocycles. The average molecular weight is 365 g/mol. The summed E-state index contributed by atoms with van der Waals surface area (Å²) in [6, 6.07) is -1.19. The summed E-state index contributed by atoms with van der Waals surface area (Å²) < 4.78 is 10.9. The summed E-state index contributed by atoms with van der Waals surface area (Å²) >= 11 is 0. The van der Waals surface area contributed by atoms with E-state index in [9.17, 15) is 30.0 Å². The highest BCUT2D eigenvalue weighted by molar-refractivity contribution is 5.76. The first-order chi connectivity index (χ1) is 11.6. The molecule has 0 radical (unpaired) electrons. The fourth-order valence-corrected chi connectivity index (χ4v) is 2.66. The Morgan fingerprint density at radius 1 is 1.40 bits per heavy atom. The minimum atomic E-state index is -2.26. The highest BCUT2D eigenvalue weighted by atomic mass is 16.7. The molecule has 25 heavy (non-hydrogen) atoms. The molecule has 0 aromatic heterocycles. The lowest BCUT2D eigenvalue weighted by Gasteiger charge is -2.47. The second-order valence-electron chi connectivity index (χ2n) is 6.22. The van der Waals surface area contributed by atoms with Crippen molar-refractivity contribution in [3.63, 3.8) is 0 Å². The van der Waals surface area contributed by atoms with Crippen molar-refractivity contribution in [2.45, 2.75) is 76.0 Å². The van der Waals surface area contributed by atoms with Crippen molar-refractivity contribution in [1.82, 2.24) is 5.32 Å². The summed E-state index contributed by atoms with van der Waals surface area (Å²) in [5.41, 5.74) is 0. The number of carbonyl (C=O) groups is 2. The standard InChI is InChI=1S/C15H27NO9/c1-4-7(2)24-15(14(22)23)5-9(19)11(16-8(3)18)13(25-15)12(21)10(20)6-17/h7,9-13,17,19-21H,4-6H2,1-3H3,(H,16,18)(H,22,23)/t7?,9-,10?,11+,12?,13+,15?/m0/s1. The lowest BCUT2D eigenvalue weighted by molar-refractivity contribution is -0.321. The molecule has 146 valence electrons. The Kier molecular flexibility index (Phi) is 7.72. The van der Waals surface area contributed by atoms with Gasteiger partial charge in [0.15, 0.2) is 0 Å². The quantitative estimate of drug-likeness (QED) is 0.284. The Hall–Kier alpha value is -1.30. The first kappa shape index (κ1) is 21.7. The van der Waals surface area contributed by atoms with Gasteiger partial charge in [-0.05, 0) is 13.3 Å². The summed E-state index contributed by atoms with van der Waals surface area (Å²) in [5, 5.41) is 51.2. The number of carboxylic acid groups (broad SMARTS) is 1. The average Bonchev–Trinajstić information content (AvgIpc) is 2.54. The van der Waals surface area contributed by atoms with Crippen molar-refractivity contribution >= 4 is 11.9 Å². The normalized spacial score (nSPS) is 33.3. The molecule has 1 saturated heterocycles. The highest BCUT2D eigenvalue weighted by Crippen LogP contribution is 2.34. The number of carboxylic acids is 1. The zero-order valence-electron chi connectivity index (χ0n) is 14.5. The molecule has 1 fully saturated rings. The predicted octanol–water partition coefficient (Wildman–Crippen LogP) is -2.05. The monoisotopic (exact) mass is 365 g/mol. The van der Waals surface area contributed by atoms with Crippen LogP contribution in [0.25, 0.3) is 0 Å². The summed E-state index contributed by atoms with van der Waals surface area (Å²) in [5.74, 6) is -4.32. The van der Waals surface area contributed by atoms with Crippen LogP contribution in [0.5, 0.6) is 0 Å². The first-order valence-electron chi connectivity index (χ1n) is 8.09. The zero-order chi connectivity index (χ0) is 19.4. The number of aliphatic hydroxyl groups excluding tert-OH is 4. The Morgan fingerprint density at radius 2 is 2.00 bits per heavy atom. The number of amides is 1. The third-order valence-corrected chi connectivity index (χ3v) is 4.15. The second kappa shape index (κ2) is 8.88. The van der Waals surface area contributed by atoms with Crippen molar-refractivity contribution in [2.24, 2.45) is 0 Å². The lowest BCUT2D eigenvalue weighted by atomic mass is 9.88. The van der Waals surface area contributed by atoms with Gasteiger partial charge in [0, 0.05) is 13.3 Å². The number of carbonyl (C=O) groups excluding carboxylic acids is 1. The van der Waals surface area contributed by atoms with E-state index in [1.54, 1.807) is 13.8 Å². The maximum Gasteiger partial charge on any atom is 0.364 e. The predicted molar refractivity (Wildman–Crippen MR) is 83.4 cm³/mol. The van der Waals surface area contributed by atoms with Crippen LogP contribution in [0, 0.1) is 0 Å². The summed E-state index contributed by atoms with van der Waals surface area (Å²) in [4.78, 5) is 23.1. The van der Waals surface area contributed by atoms with Gasteiger partial charge in [-0.15, -0.1) is 0 Å². The molecule has 1 rings (SSSR count). The highest BCUT2D eigenvalue weighted by Gasteiger charge is 2.56.